The first-order chi connectivity index (χ1) is 8.95. The fourth-order valence-electron chi connectivity index (χ4n) is 1.97. The molecule has 19 heavy (non-hydrogen) atoms. The van der Waals surface area contributed by atoms with E-state index in [-0.39, 0.29) is 0 Å². The van der Waals surface area contributed by atoms with Gasteiger partial charge in [-0.1, -0.05) is 6.92 Å². The van der Waals surface area contributed by atoms with Crippen molar-refractivity contribution >= 4 is 21.4 Å². The van der Waals surface area contributed by atoms with Crippen molar-refractivity contribution in [1.82, 2.24) is 10.0 Å². The number of ether oxygens (including phenoxy) is 1. The summed E-state index contributed by atoms with van der Waals surface area (Å²) in [6.07, 6.45) is 0.710. The molecule has 1 aliphatic heterocycles. The highest BCUT2D eigenvalue weighted by Gasteiger charge is 2.35. The minimum atomic E-state index is -3.45. The first-order valence-electron chi connectivity index (χ1n) is 6.36. The second kappa shape index (κ2) is 5.88. The van der Waals surface area contributed by atoms with Gasteiger partial charge >= 0.3 is 0 Å². The van der Waals surface area contributed by atoms with Crippen molar-refractivity contribution in [1.29, 1.82) is 0 Å². The topological polar surface area (TPSA) is 67.4 Å². The van der Waals surface area contributed by atoms with Crippen LogP contribution in [0.2, 0.25) is 0 Å². The molecule has 1 atom stereocenters. The van der Waals surface area contributed by atoms with Crippen LogP contribution in [-0.4, -0.2) is 33.7 Å². The molecule has 0 bridgehead atoms. The third kappa shape index (κ3) is 3.76. The van der Waals surface area contributed by atoms with Gasteiger partial charge in [-0.25, -0.2) is 13.1 Å². The van der Waals surface area contributed by atoms with Gasteiger partial charge in [0.2, 0.25) is 0 Å². The molecule has 5 nitrogen and oxygen atoms in total. The molecule has 1 unspecified atom stereocenters. The summed E-state index contributed by atoms with van der Waals surface area (Å²) in [5.41, 5.74) is -0.481. The van der Waals surface area contributed by atoms with Crippen LogP contribution in [0.5, 0.6) is 0 Å². The lowest BCUT2D eigenvalue weighted by molar-refractivity contribution is 0.178. The molecule has 0 saturated carbocycles. The van der Waals surface area contributed by atoms with Crippen molar-refractivity contribution in [3.05, 3.63) is 17.0 Å². The Labute approximate surface area is 118 Å². The van der Waals surface area contributed by atoms with E-state index >= 15 is 0 Å². The van der Waals surface area contributed by atoms with Crippen molar-refractivity contribution in [3.63, 3.8) is 0 Å². The molecule has 108 valence electrons. The fourth-order valence-corrected chi connectivity index (χ4v) is 4.72. The first kappa shape index (κ1) is 14.9. The number of thiophene rings is 1. The van der Waals surface area contributed by atoms with Crippen LogP contribution >= 0.6 is 11.3 Å². The predicted octanol–water partition coefficient (Wildman–Crippen LogP) is 1.31. The average Bonchev–Trinajstić information content (AvgIpc) is 2.95. The highest BCUT2D eigenvalue weighted by molar-refractivity contribution is 7.91. The molecule has 1 aromatic heterocycles. The van der Waals surface area contributed by atoms with Gasteiger partial charge in [0.05, 0.1) is 12.1 Å². The summed E-state index contributed by atoms with van der Waals surface area (Å²) >= 11 is 1.31. The van der Waals surface area contributed by atoms with Crippen LogP contribution in [0.1, 0.15) is 25.1 Å². The molecule has 7 heteroatoms. The van der Waals surface area contributed by atoms with Gasteiger partial charge in [-0.2, -0.15) is 0 Å². The molecular weight excluding hydrogens is 284 g/mol. The van der Waals surface area contributed by atoms with E-state index < -0.39 is 15.6 Å². The lowest BCUT2D eigenvalue weighted by Gasteiger charge is -2.22. The van der Waals surface area contributed by atoms with Crippen molar-refractivity contribution in [2.75, 3.05) is 19.8 Å². The van der Waals surface area contributed by atoms with E-state index in [1.165, 1.54) is 11.3 Å². The lowest BCUT2D eigenvalue weighted by Crippen LogP contribution is -2.46. The van der Waals surface area contributed by atoms with E-state index in [9.17, 15) is 8.42 Å². The standard InChI is InChI=1S/C12H20N2O3S2/c1-3-13-8-10-4-5-11(18-10)19(15,16)14-12(2)6-7-17-9-12/h4-5,13-14H,3,6-9H2,1-2H3. The predicted molar refractivity (Wildman–Crippen MR) is 75.9 cm³/mol. The minimum absolute atomic E-state index is 0.369. The number of nitrogens with one attached hydrogen (secondary N) is 2. The highest BCUT2D eigenvalue weighted by atomic mass is 32.2. The second-order valence-electron chi connectivity index (χ2n) is 4.97. The largest absolute Gasteiger partial charge is 0.379 e. The summed E-state index contributed by atoms with van der Waals surface area (Å²) < 4.78 is 33.0. The van der Waals surface area contributed by atoms with Crippen LogP contribution in [0.15, 0.2) is 16.3 Å². The molecule has 0 aromatic carbocycles. The first-order valence-corrected chi connectivity index (χ1v) is 8.66. The number of hydrogen-bond acceptors (Lipinski definition) is 5. The lowest BCUT2D eigenvalue weighted by atomic mass is 10.0. The number of sulfonamides is 1. The van der Waals surface area contributed by atoms with Crippen LogP contribution in [0.4, 0.5) is 0 Å². The van der Waals surface area contributed by atoms with E-state index in [4.69, 9.17) is 4.74 Å². The molecule has 1 fully saturated rings. The third-order valence-electron chi connectivity index (χ3n) is 3.05. The maximum atomic E-state index is 12.3. The van der Waals surface area contributed by atoms with Crippen LogP contribution < -0.4 is 10.0 Å². The van der Waals surface area contributed by atoms with Crippen LogP contribution in [0, 0.1) is 0 Å². The summed E-state index contributed by atoms with van der Waals surface area (Å²) in [6.45, 7) is 6.51. The Bertz CT molecular complexity index is 519. The van der Waals surface area contributed by atoms with E-state index in [1.54, 1.807) is 6.07 Å². The molecule has 0 amide bonds. The van der Waals surface area contributed by atoms with Crippen LogP contribution in [0.25, 0.3) is 0 Å². The monoisotopic (exact) mass is 304 g/mol. The van der Waals surface area contributed by atoms with Gasteiger partial charge in [0, 0.05) is 18.0 Å². The van der Waals surface area contributed by atoms with Gasteiger partial charge in [0.25, 0.3) is 10.0 Å². The Morgan fingerprint density at radius 3 is 2.89 bits per heavy atom. The van der Waals surface area contributed by atoms with E-state index in [0.29, 0.717) is 30.4 Å². The molecule has 2 heterocycles. The van der Waals surface area contributed by atoms with Crippen molar-refractivity contribution in [3.8, 4) is 0 Å². The van der Waals surface area contributed by atoms with Gasteiger partial charge in [-0.3, -0.25) is 0 Å². The maximum absolute atomic E-state index is 12.3. The van der Waals surface area contributed by atoms with Gasteiger partial charge in [-0.05, 0) is 32.0 Å². The van der Waals surface area contributed by atoms with E-state index in [1.807, 2.05) is 19.9 Å². The second-order valence-corrected chi connectivity index (χ2v) is 8.05. The molecular formula is C12H20N2O3S2. The van der Waals surface area contributed by atoms with Crippen LogP contribution in [0.3, 0.4) is 0 Å². The smallest absolute Gasteiger partial charge is 0.250 e. The molecule has 0 radical (unpaired) electrons. The Hall–Kier alpha value is -0.470. The van der Waals surface area contributed by atoms with Crippen molar-refractivity contribution in [2.45, 2.75) is 36.6 Å². The summed E-state index contributed by atoms with van der Waals surface area (Å²) in [7, 11) is -3.45. The van der Waals surface area contributed by atoms with Gasteiger partial charge in [0.1, 0.15) is 4.21 Å². The van der Waals surface area contributed by atoms with Crippen molar-refractivity contribution < 1.29 is 13.2 Å². The summed E-state index contributed by atoms with van der Waals surface area (Å²) in [5, 5.41) is 3.19. The quantitative estimate of drug-likeness (QED) is 0.832. The minimum Gasteiger partial charge on any atom is -0.379 e. The molecule has 1 aromatic rings. The Balaban J connectivity index is 2.08. The molecule has 0 spiro atoms. The third-order valence-corrected chi connectivity index (χ3v) is 6.27. The molecule has 0 aliphatic carbocycles. The summed E-state index contributed by atoms with van der Waals surface area (Å²) in [5.74, 6) is 0. The summed E-state index contributed by atoms with van der Waals surface area (Å²) in [6, 6.07) is 3.52. The SMILES string of the molecule is CCNCc1ccc(S(=O)(=O)NC2(C)CCOC2)s1. The van der Waals surface area contributed by atoms with Gasteiger partial charge < -0.3 is 10.1 Å². The summed E-state index contributed by atoms with van der Waals surface area (Å²) in [4.78, 5) is 1.02. The Kier molecular flexibility index (Phi) is 4.62. The molecule has 1 saturated heterocycles. The molecule has 2 N–H and O–H groups in total. The zero-order chi connectivity index (χ0) is 13.9. The zero-order valence-electron chi connectivity index (χ0n) is 11.2. The van der Waals surface area contributed by atoms with Gasteiger partial charge in [-0.15, -0.1) is 11.3 Å². The zero-order valence-corrected chi connectivity index (χ0v) is 12.9. The van der Waals surface area contributed by atoms with Crippen molar-refractivity contribution in [2.24, 2.45) is 0 Å². The van der Waals surface area contributed by atoms with Crippen LogP contribution in [-0.2, 0) is 21.3 Å². The fraction of sp³-hybridized carbons (Fsp3) is 0.667. The Morgan fingerprint density at radius 1 is 1.47 bits per heavy atom. The number of rotatable bonds is 6. The van der Waals surface area contributed by atoms with Gasteiger partial charge in [0.15, 0.2) is 0 Å². The average molecular weight is 304 g/mol. The van der Waals surface area contributed by atoms with E-state index in [2.05, 4.69) is 10.0 Å². The normalized spacial score (nSPS) is 23.9. The molecule has 1 aliphatic rings. The highest BCUT2D eigenvalue weighted by Crippen LogP contribution is 2.25. The van der Waals surface area contributed by atoms with E-state index in [0.717, 1.165) is 11.4 Å². The Morgan fingerprint density at radius 2 is 2.26 bits per heavy atom. The maximum Gasteiger partial charge on any atom is 0.250 e. The molecule has 2 rings (SSSR count). The number of hydrogen-bond donors (Lipinski definition) is 2.